The molecule has 2 rings (SSSR count). The summed E-state index contributed by atoms with van der Waals surface area (Å²) in [6, 6.07) is 5.49. The van der Waals surface area contributed by atoms with E-state index in [0.29, 0.717) is 11.1 Å². The number of aromatic nitrogens is 1. The molecule has 0 aliphatic heterocycles. The van der Waals surface area contributed by atoms with Gasteiger partial charge in [0.15, 0.2) is 0 Å². The Morgan fingerprint density at radius 1 is 1.28 bits per heavy atom. The Bertz CT molecular complexity index is 560. The lowest BCUT2D eigenvalue weighted by Gasteiger charge is -2.12. The summed E-state index contributed by atoms with van der Waals surface area (Å²) < 4.78 is 26.7. The summed E-state index contributed by atoms with van der Waals surface area (Å²) in [5.41, 5.74) is 6.82. The molecule has 5 heteroatoms. The lowest BCUT2D eigenvalue weighted by molar-refractivity contribution is 0.587. The van der Waals surface area contributed by atoms with E-state index in [2.05, 4.69) is 4.98 Å². The zero-order chi connectivity index (χ0) is 13.1. The number of halogens is 3. The standard InChI is InChI=1S/C13H11ClF2N2/c14-11-3-1-2-8(13(11)16)5-12(17)9-4-10(15)7-18-6-9/h1-4,6-7,12H,5,17H2. The topological polar surface area (TPSA) is 38.9 Å². The van der Waals surface area contributed by atoms with Gasteiger partial charge in [-0.15, -0.1) is 0 Å². The second-order valence-electron chi connectivity index (χ2n) is 3.96. The van der Waals surface area contributed by atoms with E-state index in [1.54, 1.807) is 12.1 Å². The zero-order valence-corrected chi connectivity index (χ0v) is 10.2. The van der Waals surface area contributed by atoms with Crippen LogP contribution >= 0.6 is 11.6 Å². The highest BCUT2D eigenvalue weighted by molar-refractivity contribution is 6.30. The molecule has 0 radical (unpaired) electrons. The maximum Gasteiger partial charge on any atom is 0.145 e. The molecule has 1 aromatic heterocycles. The minimum absolute atomic E-state index is 0.0528. The lowest BCUT2D eigenvalue weighted by Crippen LogP contribution is -2.14. The largest absolute Gasteiger partial charge is 0.324 e. The monoisotopic (exact) mass is 268 g/mol. The van der Waals surface area contributed by atoms with Crippen LogP contribution in [0.25, 0.3) is 0 Å². The fraction of sp³-hybridized carbons (Fsp3) is 0.154. The predicted octanol–water partition coefficient (Wildman–Crippen LogP) is 3.26. The molecule has 0 saturated carbocycles. The molecule has 1 unspecified atom stereocenters. The highest BCUT2D eigenvalue weighted by atomic mass is 35.5. The molecule has 1 heterocycles. The van der Waals surface area contributed by atoms with Crippen molar-refractivity contribution in [1.29, 1.82) is 0 Å². The molecular weight excluding hydrogens is 258 g/mol. The van der Waals surface area contributed by atoms with Gasteiger partial charge in [-0.05, 0) is 29.7 Å². The molecule has 0 saturated heterocycles. The molecule has 0 aliphatic carbocycles. The van der Waals surface area contributed by atoms with Crippen molar-refractivity contribution >= 4 is 11.6 Å². The van der Waals surface area contributed by atoms with Crippen molar-refractivity contribution in [3.63, 3.8) is 0 Å². The molecule has 0 fully saturated rings. The van der Waals surface area contributed by atoms with Crippen molar-refractivity contribution in [3.05, 3.63) is 64.4 Å². The van der Waals surface area contributed by atoms with Gasteiger partial charge in [-0.25, -0.2) is 8.78 Å². The van der Waals surface area contributed by atoms with E-state index in [-0.39, 0.29) is 11.4 Å². The van der Waals surface area contributed by atoms with Gasteiger partial charge in [0.25, 0.3) is 0 Å². The van der Waals surface area contributed by atoms with Crippen LogP contribution in [0.4, 0.5) is 8.78 Å². The van der Waals surface area contributed by atoms with Crippen LogP contribution < -0.4 is 5.73 Å². The van der Waals surface area contributed by atoms with Gasteiger partial charge < -0.3 is 5.73 Å². The van der Waals surface area contributed by atoms with Crippen LogP contribution in [0.1, 0.15) is 17.2 Å². The zero-order valence-electron chi connectivity index (χ0n) is 9.41. The summed E-state index contributed by atoms with van der Waals surface area (Å²) in [7, 11) is 0. The number of pyridine rings is 1. The fourth-order valence-corrected chi connectivity index (χ4v) is 1.89. The van der Waals surface area contributed by atoms with Gasteiger partial charge >= 0.3 is 0 Å². The SMILES string of the molecule is NC(Cc1cccc(Cl)c1F)c1cncc(F)c1. The highest BCUT2D eigenvalue weighted by Crippen LogP contribution is 2.22. The second kappa shape index (κ2) is 5.42. The highest BCUT2D eigenvalue weighted by Gasteiger charge is 2.13. The Morgan fingerprint density at radius 2 is 2.06 bits per heavy atom. The Kier molecular flexibility index (Phi) is 3.89. The molecule has 2 nitrogen and oxygen atoms in total. The van der Waals surface area contributed by atoms with Gasteiger partial charge in [-0.2, -0.15) is 0 Å². The van der Waals surface area contributed by atoms with Gasteiger partial charge in [-0.3, -0.25) is 4.98 Å². The average Bonchev–Trinajstić information content (AvgIpc) is 2.35. The first-order valence-electron chi connectivity index (χ1n) is 5.37. The molecule has 0 bridgehead atoms. The third-order valence-electron chi connectivity index (χ3n) is 2.63. The summed E-state index contributed by atoms with van der Waals surface area (Å²) in [4.78, 5) is 3.71. The van der Waals surface area contributed by atoms with Gasteiger partial charge in [-0.1, -0.05) is 23.7 Å². The summed E-state index contributed by atoms with van der Waals surface area (Å²) in [6.45, 7) is 0. The van der Waals surface area contributed by atoms with Crippen LogP contribution in [0.15, 0.2) is 36.7 Å². The minimum atomic E-state index is -0.527. The first kappa shape index (κ1) is 12.9. The van der Waals surface area contributed by atoms with E-state index < -0.39 is 17.7 Å². The molecule has 1 aromatic carbocycles. The van der Waals surface area contributed by atoms with Crippen LogP contribution in [-0.2, 0) is 6.42 Å². The van der Waals surface area contributed by atoms with E-state index in [4.69, 9.17) is 17.3 Å². The second-order valence-corrected chi connectivity index (χ2v) is 4.37. The number of hydrogen-bond acceptors (Lipinski definition) is 2. The minimum Gasteiger partial charge on any atom is -0.324 e. The molecule has 1 atom stereocenters. The Balaban J connectivity index is 2.21. The van der Waals surface area contributed by atoms with Gasteiger partial charge in [0.1, 0.15) is 11.6 Å². The smallest absolute Gasteiger partial charge is 0.145 e. The third kappa shape index (κ3) is 2.83. The molecule has 0 aliphatic rings. The van der Waals surface area contributed by atoms with E-state index >= 15 is 0 Å². The van der Waals surface area contributed by atoms with Crippen molar-refractivity contribution in [2.75, 3.05) is 0 Å². The van der Waals surface area contributed by atoms with Crippen LogP contribution in [0.3, 0.4) is 0 Å². The lowest BCUT2D eigenvalue weighted by atomic mass is 10.0. The van der Waals surface area contributed by atoms with E-state index in [9.17, 15) is 8.78 Å². The summed E-state index contributed by atoms with van der Waals surface area (Å²) in [5, 5.41) is 0.0528. The number of nitrogens with two attached hydrogens (primary N) is 1. The van der Waals surface area contributed by atoms with Crippen LogP contribution in [0.2, 0.25) is 5.02 Å². The number of benzene rings is 1. The van der Waals surface area contributed by atoms with Crippen LogP contribution in [0, 0.1) is 11.6 Å². The molecule has 0 amide bonds. The summed E-state index contributed by atoms with van der Waals surface area (Å²) in [5.74, 6) is -0.950. The van der Waals surface area contributed by atoms with Crippen molar-refractivity contribution in [1.82, 2.24) is 4.98 Å². The van der Waals surface area contributed by atoms with Crippen LogP contribution in [-0.4, -0.2) is 4.98 Å². The fourth-order valence-electron chi connectivity index (χ4n) is 1.69. The Labute approximate surface area is 108 Å². The van der Waals surface area contributed by atoms with Crippen molar-refractivity contribution in [3.8, 4) is 0 Å². The molecule has 94 valence electrons. The molecule has 2 aromatic rings. The predicted molar refractivity (Wildman–Crippen MR) is 66.2 cm³/mol. The van der Waals surface area contributed by atoms with E-state index in [0.717, 1.165) is 6.20 Å². The maximum absolute atomic E-state index is 13.7. The Morgan fingerprint density at radius 3 is 2.78 bits per heavy atom. The Hall–Kier alpha value is -1.52. The number of hydrogen-bond donors (Lipinski definition) is 1. The normalized spacial score (nSPS) is 12.4. The van der Waals surface area contributed by atoms with E-state index in [1.165, 1.54) is 18.3 Å². The van der Waals surface area contributed by atoms with E-state index in [1.807, 2.05) is 0 Å². The first-order valence-corrected chi connectivity index (χ1v) is 5.74. The quantitative estimate of drug-likeness (QED) is 0.928. The molecule has 2 N–H and O–H groups in total. The molecule has 18 heavy (non-hydrogen) atoms. The van der Waals surface area contributed by atoms with Crippen LogP contribution in [0.5, 0.6) is 0 Å². The van der Waals surface area contributed by atoms with Gasteiger partial charge in [0, 0.05) is 12.2 Å². The van der Waals surface area contributed by atoms with Crippen molar-refractivity contribution in [2.24, 2.45) is 5.73 Å². The maximum atomic E-state index is 13.7. The number of rotatable bonds is 3. The number of nitrogens with zero attached hydrogens (tertiary/aromatic N) is 1. The third-order valence-corrected chi connectivity index (χ3v) is 2.92. The van der Waals surface area contributed by atoms with Crippen molar-refractivity contribution in [2.45, 2.75) is 12.5 Å². The first-order chi connectivity index (χ1) is 8.58. The van der Waals surface area contributed by atoms with Crippen molar-refractivity contribution < 1.29 is 8.78 Å². The average molecular weight is 269 g/mol. The summed E-state index contributed by atoms with van der Waals surface area (Å²) >= 11 is 5.68. The van der Waals surface area contributed by atoms with Gasteiger partial charge in [0.2, 0.25) is 0 Å². The molecular formula is C13H11ClF2N2. The summed E-state index contributed by atoms with van der Waals surface area (Å²) in [6.07, 6.45) is 2.80. The van der Waals surface area contributed by atoms with Gasteiger partial charge in [0.05, 0.1) is 11.2 Å². The molecule has 0 spiro atoms.